The van der Waals surface area contributed by atoms with Crippen LogP contribution in [0.3, 0.4) is 0 Å². The summed E-state index contributed by atoms with van der Waals surface area (Å²) in [5, 5.41) is 0. The summed E-state index contributed by atoms with van der Waals surface area (Å²) in [6.45, 7) is 0. The van der Waals surface area contributed by atoms with Crippen molar-refractivity contribution in [3.05, 3.63) is 23.5 Å². The highest BCUT2D eigenvalue weighted by Gasteiger charge is 2.08. The van der Waals surface area contributed by atoms with Gasteiger partial charge < -0.3 is 4.57 Å². The molecule has 0 fully saturated rings. The van der Waals surface area contributed by atoms with Crippen LogP contribution in [0.15, 0.2) is 12.3 Å². The lowest BCUT2D eigenvalue weighted by Crippen LogP contribution is -1.97. The highest BCUT2D eigenvalue weighted by Crippen LogP contribution is 2.06. The van der Waals surface area contributed by atoms with E-state index < -0.39 is 0 Å². The van der Waals surface area contributed by atoms with Gasteiger partial charge in [0.1, 0.15) is 0 Å². The maximum Gasteiger partial charge on any atom is 0.179 e. The van der Waals surface area contributed by atoms with Crippen LogP contribution in [0.25, 0.3) is 0 Å². The van der Waals surface area contributed by atoms with Crippen LogP contribution in [0.1, 0.15) is 20.8 Å². The Morgan fingerprint density at radius 3 is 2.83 bits per heavy atom. The molecule has 0 atom stereocenters. The standard InChI is InChI=1S/C8H8ClNO2/c1-10-4-6(8(12)3-9)2-7(10)5-11/h2,4-5H,3H2,1H3. The third-order valence-electron chi connectivity index (χ3n) is 1.61. The van der Waals surface area contributed by atoms with Gasteiger partial charge in [-0.15, -0.1) is 11.6 Å². The van der Waals surface area contributed by atoms with Gasteiger partial charge in [0.15, 0.2) is 12.1 Å². The molecule has 0 saturated carbocycles. The van der Waals surface area contributed by atoms with Gasteiger partial charge in [-0.3, -0.25) is 9.59 Å². The second kappa shape index (κ2) is 3.54. The molecule has 0 spiro atoms. The molecule has 0 saturated heterocycles. The largest absolute Gasteiger partial charge is 0.348 e. The van der Waals surface area contributed by atoms with Crippen molar-refractivity contribution in [2.75, 3.05) is 5.88 Å². The lowest BCUT2D eigenvalue weighted by Gasteiger charge is -1.89. The van der Waals surface area contributed by atoms with Crippen molar-refractivity contribution in [3.63, 3.8) is 0 Å². The number of alkyl halides is 1. The number of rotatable bonds is 3. The minimum absolute atomic E-state index is 0.0533. The molecule has 12 heavy (non-hydrogen) atoms. The molecular formula is C8H8ClNO2. The molecule has 4 heteroatoms. The summed E-state index contributed by atoms with van der Waals surface area (Å²) in [7, 11) is 1.70. The van der Waals surface area contributed by atoms with E-state index in [0.717, 1.165) is 0 Å². The first-order valence-corrected chi connectivity index (χ1v) is 3.93. The minimum Gasteiger partial charge on any atom is -0.348 e. The summed E-state index contributed by atoms with van der Waals surface area (Å²) in [5.41, 5.74) is 0.957. The third-order valence-corrected chi connectivity index (χ3v) is 1.85. The number of nitrogens with zero attached hydrogens (tertiary/aromatic N) is 1. The zero-order chi connectivity index (χ0) is 9.14. The molecule has 1 aromatic rings. The number of carbonyl (C=O) groups excluding carboxylic acids is 2. The molecule has 0 aliphatic heterocycles. The lowest BCUT2D eigenvalue weighted by molar-refractivity contribution is 0.102. The first-order chi connectivity index (χ1) is 5.69. The van der Waals surface area contributed by atoms with Crippen LogP contribution in [0.2, 0.25) is 0 Å². The van der Waals surface area contributed by atoms with Gasteiger partial charge in [-0.2, -0.15) is 0 Å². The Labute approximate surface area is 74.9 Å². The highest BCUT2D eigenvalue weighted by molar-refractivity contribution is 6.30. The Hall–Kier alpha value is -1.09. The predicted octanol–water partition coefficient (Wildman–Crippen LogP) is 1.26. The van der Waals surface area contributed by atoms with E-state index in [0.29, 0.717) is 17.5 Å². The molecule has 3 nitrogen and oxygen atoms in total. The summed E-state index contributed by atoms with van der Waals surface area (Å²) in [4.78, 5) is 21.4. The van der Waals surface area contributed by atoms with Crippen molar-refractivity contribution in [2.24, 2.45) is 7.05 Å². The second-order valence-electron chi connectivity index (χ2n) is 2.44. The summed E-state index contributed by atoms with van der Waals surface area (Å²) in [6, 6.07) is 1.53. The van der Waals surface area contributed by atoms with Gasteiger partial charge in [0, 0.05) is 18.8 Å². The number of aryl methyl sites for hydroxylation is 1. The van der Waals surface area contributed by atoms with Gasteiger partial charge in [0.25, 0.3) is 0 Å². The molecule has 1 aromatic heterocycles. The van der Waals surface area contributed by atoms with E-state index in [1.807, 2.05) is 0 Å². The number of halogens is 1. The van der Waals surface area contributed by atoms with E-state index in [1.54, 1.807) is 17.8 Å². The smallest absolute Gasteiger partial charge is 0.179 e. The van der Waals surface area contributed by atoms with Gasteiger partial charge in [-0.25, -0.2) is 0 Å². The number of ketones is 1. The van der Waals surface area contributed by atoms with Gasteiger partial charge in [-0.1, -0.05) is 0 Å². The first-order valence-electron chi connectivity index (χ1n) is 3.39. The zero-order valence-corrected chi connectivity index (χ0v) is 7.34. The van der Waals surface area contributed by atoms with Gasteiger partial charge in [-0.05, 0) is 6.07 Å². The van der Waals surface area contributed by atoms with Crippen LogP contribution in [0.4, 0.5) is 0 Å². The number of hydrogen-bond donors (Lipinski definition) is 0. The fraction of sp³-hybridized carbons (Fsp3) is 0.250. The maximum absolute atomic E-state index is 11.0. The molecule has 0 aromatic carbocycles. The third kappa shape index (κ3) is 1.56. The van der Waals surface area contributed by atoms with Crippen molar-refractivity contribution < 1.29 is 9.59 Å². The fourth-order valence-corrected chi connectivity index (χ4v) is 1.08. The monoisotopic (exact) mass is 185 g/mol. The summed E-state index contributed by atoms with van der Waals surface area (Å²) < 4.78 is 1.59. The van der Waals surface area contributed by atoms with E-state index in [2.05, 4.69) is 0 Å². The van der Waals surface area contributed by atoms with Crippen LogP contribution in [-0.2, 0) is 7.05 Å². The summed E-state index contributed by atoms with van der Waals surface area (Å²) in [5.74, 6) is -0.220. The van der Waals surface area contributed by atoms with Crippen LogP contribution in [0.5, 0.6) is 0 Å². The first kappa shape index (κ1) is 9.00. The predicted molar refractivity (Wildman–Crippen MR) is 45.9 cm³/mol. The number of hydrogen-bond acceptors (Lipinski definition) is 2. The van der Waals surface area contributed by atoms with Crippen molar-refractivity contribution in [3.8, 4) is 0 Å². The Morgan fingerprint density at radius 1 is 1.75 bits per heavy atom. The normalized spacial score (nSPS) is 9.83. The van der Waals surface area contributed by atoms with E-state index in [9.17, 15) is 9.59 Å². The van der Waals surface area contributed by atoms with Crippen LogP contribution in [0, 0.1) is 0 Å². The van der Waals surface area contributed by atoms with E-state index in [4.69, 9.17) is 11.6 Å². The summed E-state index contributed by atoms with van der Waals surface area (Å²) in [6.07, 6.45) is 2.29. The number of aromatic nitrogens is 1. The summed E-state index contributed by atoms with van der Waals surface area (Å²) >= 11 is 5.34. The lowest BCUT2D eigenvalue weighted by atomic mass is 10.2. The molecule has 64 valence electrons. The van der Waals surface area contributed by atoms with Crippen LogP contribution in [-0.4, -0.2) is 22.5 Å². The Morgan fingerprint density at radius 2 is 2.42 bits per heavy atom. The zero-order valence-electron chi connectivity index (χ0n) is 6.58. The number of aldehydes is 1. The molecule has 0 unspecified atom stereocenters. The number of carbonyl (C=O) groups is 2. The molecule has 0 aliphatic rings. The van der Waals surface area contributed by atoms with E-state index in [-0.39, 0.29) is 11.7 Å². The van der Waals surface area contributed by atoms with Crippen molar-refractivity contribution in [1.29, 1.82) is 0 Å². The average Bonchev–Trinajstić information content (AvgIpc) is 2.45. The molecule has 0 amide bonds. The minimum atomic E-state index is -0.166. The van der Waals surface area contributed by atoms with Crippen molar-refractivity contribution in [2.45, 2.75) is 0 Å². The fourth-order valence-electron chi connectivity index (χ4n) is 0.928. The SMILES string of the molecule is Cn1cc(C(=O)CCl)cc1C=O. The molecule has 0 N–H and O–H groups in total. The maximum atomic E-state index is 11.0. The van der Waals surface area contributed by atoms with Gasteiger partial charge in [0.2, 0.25) is 0 Å². The second-order valence-corrected chi connectivity index (χ2v) is 2.71. The molecule has 0 aliphatic carbocycles. The average molecular weight is 186 g/mol. The molecule has 1 heterocycles. The van der Waals surface area contributed by atoms with Gasteiger partial charge in [0.05, 0.1) is 11.6 Å². The molecule has 0 radical (unpaired) electrons. The molecule has 1 rings (SSSR count). The Kier molecular flexibility index (Phi) is 2.65. The number of Topliss-reactive ketones (excluding diaryl/α,β-unsaturated/α-hetero) is 1. The van der Waals surface area contributed by atoms with Crippen molar-refractivity contribution >= 4 is 23.7 Å². The highest BCUT2D eigenvalue weighted by atomic mass is 35.5. The molecule has 0 bridgehead atoms. The van der Waals surface area contributed by atoms with Crippen molar-refractivity contribution in [1.82, 2.24) is 4.57 Å². The Balaban J connectivity index is 3.04. The quantitative estimate of drug-likeness (QED) is 0.404. The van der Waals surface area contributed by atoms with Gasteiger partial charge >= 0.3 is 0 Å². The van der Waals surface area contributed by atoms with Crippen LogP contribution >= 0.6 is 11.6 Å². The Bertz CT molecular complexity index is 317. The van der Waals surface area contributed by atoms with Crippen LogP contribution < -0.4 is 0 Å². The van der Waals surface area contributed by atoms with E-state index >= 15 is 0 Å². The molecular weight excluding hydrogens is 178 g/mol. The van der Waals surface area contributed by atoms with E-state index in [1.165, 1.54) is 6.07 Å². The topological polar surface area (TPSA) is 39.1 Å².